The van der Waals surface area contributed by atoms with Crippen molar-refractivity contribution in [1.82, 2.24) is 0 Å². The van der Waals surface area contributed by atoms with Gasteiger partial charge in [0.2, 0.25) is 0 Å². The van der Waals surface area contributed by atoms with E-state index in [-0.39, 0.29) is 0 Å². The molecule has 0 atom stereocenters. The maximum atomic E-state index is 5.78. The quantitative estimate of drug-likeness (QED) is 0.820. The number of anilines is 2. The van der Waals surface area contributed by atoms with E-state index in [9.17, 15) is 0 Å². The molecule has 3 N–H and O–H groups in total. The van der Waals surface area contributed by atoms with Gasteiger partial charge in [0.05, 0.1) is 0 Å². The lowest BCUT2D eigenvalue weighted by Gasteiger charge is -2.34. The highest BCUT2D eigenvalue weighted by Gasteiger charge is 2.25. The maximum absolute atomic E-state index is 5.78. The molecule has 1 aliphatic rings. The van der Waals surface area contributed by atoms with Gasteiger partial charge in [-0.1, -0.05) is 0 Å². The smallest absolute Gasteiger partial charge is 0.0367 e. The molecule has 0 amide bonds. The number of hydrogen-bond acceptors (Lipinski definition) is 3. The van der Waals surface area contributed by atoms with Crippen LogP contribution in [0.25, 0.3) is 0 Å². The third-order valence-electron chi connectivity index (χ3n) is 3.54. The summed E-state index contributed by atoms with van der Waals surface area (Å²) in [5, 5.41) is 3.51. The van der Waals surface area contributed by atoms with E-state index in [0.717, 1.165) is 25.9 Å². The number of rotatable bonds is 5. The van der Waals surface area contributed by atoms with Crippen molar-refractivity contribution in [2.24, 2.45) is 5.73 Å². The standard InChI is InChI=1S/C14H23N3/c1-3-17(4-2)14-7-5-12(6-8-14)16-13-9-11(15)10-13/h5-8,11,13,16H,3-4,9-10,15H2,1-2H3. The Hall–Kier alpha value is -1.22. The molecule has 1 saturated carbocycles. The van der Waals surface area contributed by atoms with Gasteiger partial charge in [-0.3, -0.25) is 0 Å². The predicted octanol–water partition coefficient (Wildman–Crippen LogP) is 2.43. The van der Waals surface area contributed by atoms with E-state index < -0.39 is 0 Å². The lowest BCUT2D eigenvalue weighted by molar-refractivity contribution is 0.373. The minimum absolute atomic E-state index is 0.405. The first-order valence-electron chi connectivity index (χ1n) is 6.60. The molecule has 0 radical (unpaired) electrons. The molecule has 17 heavy (non-hydrogen) atoms. The molecular weight excluding hydrogens is 210 g/mol. The molecule has 0 saturated heterocycles. The zero-order valence-electron chi connectivity index (χ0n) is 10.8. The zero-order valence-corrected chi connectivity index (χ0v) is 10.8. The molecule has 0 aliphatic heterocycles. The van der Waals surface area contributed by atoms with Crippen molar-refractivity contribution in [2.45, 2.75) is 38.8 Å². The number of benzene rings is 1. The summed E-state index contributed by atoms with van der Waals surface area (Å²) in [6, 6.07) is 9.68. The third kappa shape index (κ3) is 2.91. The second kappa shape index (κ2) is 5.41. The van der Waals surface area contributed by atoms with Gasteiger partial charge >= 0.3 is 0 Å². The van der Waals surface area contributed by atoms with E-state index in [1.807, 2.05) is 0 Å². The van der Waals surface area contributed by atoms with Crippen LogP contribution in [0.3, 0.4) is 0 Å². The fourth-order valence-electron chi connectivity index (χ4n) is 2.37. The number of nitrogens with two attached hydrogens (primary N) is 1. The number of nitrogens with one attached hydrogen (secondary N) is 1. The molecule has 0 heterocycles. The number of nitrogens with zero attached hydrogens (tertiary/aromatic N) is 1. The molecule has 1 aromatic rings. The van der Waals surface area contributed by atoms with Crippen LogP contribution in [-0.4, -0.2) is 25.2 Å². The predicted molar refractivity (Wildman–Crippen MR) is 74.6 cm³/mol. The van der Waals surface area contributed by atoms with Gasteiger partial charge in [0, 0.05) is 36.5 Å². The highest BCUT2D eigenvalue weighted by atomic mass is 15.1. The van der Waals surface area contributed by atoms with E-state index >= 15 is 0 Å². The summed E-state index contributed by atoms with van der Waals surface area (Å²) in [6.07, 6.45) is 2.19. The van der Waals surface area contributed by atoms with Gasteiger partial charge in [-0.2, -0.15) is 0 Å². The molecule has 2 rings (SSSR count). The average molecular weight is 233 g/mol. The number of hydrogen-bond donors (Lipinski definition) is 2. The van der Waals surface area contributed by atoms with E-state index in [0.29, 0.717) is 12.1 Å². The van der Waals surface area contributed by atoms with Gasteiger partial charge in [-0.25, -0.2) is 0 Å². The van der Waals surface area contributed by atoms with Crippen LogP contribution in [0, 0.1) is 0 Å². The van der Waals surface area contributed by atoms with Crippen molar-refractivity contribution in [3.63, 3.8) is 0 Å². The van der Waals surface area contributed by atoms with Gasteiger partial charge in [0.1, 0.15) is 0 Å². The van der Waals surface area contributed by atoms with E-state index in [4.69, 9.17) is 5.73 Å². The van der Waals surface area contributed by atoms with Crippen LogP contribution in [0.2, 0.25) is 0 Å². The summed E-state index contributed by atoms with van der Waals surface area (Å²) >= 11 is 0. The van der Waals surface area contributed by atoms with Gasteiger partial charge < -0.3 is 16.0 Å². The lowest BCUT2D eigenvalue weighted by atomic mass is 9.87. The molecular formula is C14H23N3. The molecule has 0 spiro atoms. The Labute approximate surface area is 104 Å². The minimum atomic E-state index is 0.405. The Bertz CT molecular complexity index is 337. The Morgan fingerprint density at radius 3 is 2.24 bits per heavy atom. The second-order valence-electron chi connectivity index (χ2n) is 4.79. The van der Waals surface area contributed by atoms with Crippen molar-refractivity contribution < 1.29 is 0 Å². The van der Waals surface area contributed by atoms with Crippen LogP contribution in [-0.2, 0) is 0 Å². The first-order chi connectivity index (χ1) is 8.22. The van der Waals surface area contributed by atoms with Crippen molar-refractivity contribution in [1.29, 1.82) is 0 Å². The fraction of sp³-hybridized carbons (Fsp3) is 0.571. The molecule has 0 bridgehead atoms. The van der Waals surface area contributed by atoms with Crippen LogP contribution < -0.4 is 16.0 Å². The lowest BCUT2D eigenvalue weighted by Crippen LogP contribution is -2.44. The van der Waals surface area contributed by atoms with Gasteiger partial charge in [0.15, 0.2) is 0 Å². The Morgan fingerprint density at radius 2 is 1.76 bits per heavy atom. The van der Waals surface area contributed by atoms with Crippen LogP contribution >= 0.6 is 0 Å². The van der Waals surface area contributed by atoms with Crippen molar-refractivity contribution in [3.05, 3.63) is 24.3 Å². The van der Waals surface area contributed by atoms with Crippen LogP contribution in [0.1, 0.15) is 26.7 Å². The highest BCUT2D eigenvalue weighted by Crippen LogP contribution is 2.24. The summed E-state index contributed by atoms with van der Waals surface area (Å²) in [5.41, 5.74) is 8.28. The van der Waals surface area contributed by atoms with E-state index in [1.165, 1.54) is 11.4 Å². The first kappa shape index (κ1) is 12.2. The van der Waals surface area contributed by atoms with E-state index in [2.05, 4.69) is 48.3 Å². The zero-order chi connectivity index (χ0) is 12.3. The maximum Gasteiger partial charge on any atom is 0.0367 e. The summed E-state index contributed by atoms with van der Waals surface area (Å²) in [6.45, 7) is 6.48. The monoisotopic (exact) mass is 233 g/mol. The Morgan fingerprint density at radius 1 is 1.18 bits per heavy atom. The van der Waals surface area contributed by atoms with Gasteiger partial charge in [-0.15, -0.1) is 0 Å². The Balaban J connectivity index is 1.93. The van der Waals surface area contributed by atoms with E-state index in [1.54, 1.807) is 0 Å². The summed E-state index contributed by atoms with van der Waals surface area (Å²) in [7, 11) is 0. The summed E-state index contributed by atoms with van der Waals surface area (Å²) < 4.78 is 0. The average Bonchev–Trinajstić information content (AvgIpc) is 2.31. The summed E-state index contributed by atoms with van der Waals surface area (Å²) in [4.78, 5) is 2.35. The third-order valence-corrected chi connectivity index (χ3v) is 3.54. The topological polar surface area (TPSA) is 41.3 Å². The minimum Gasteiger partial charge on any atom is -0.382 e. The fourth-order valence-corrected chi connectivity index (χ4v) is 2.37. The van der Waals surface area contributed by atoms with Gasteiger partial charge in [-0.05, 0) is 51.0 Å². The van der Waals surface area contributed by atoms with Crippen molar-refractivity contribution in [3.8, 4) is 0 Å². The molecule has 1 fully saturated rings. The second-order valence-corrected chi connectivity index (χ2v) is 4.79. The largest absolute Gasteiger partial charge is 0.382 e. The van der Waals surface area contributed by atoms with Crippen LogP contribution in [0.4, 0.5) is 11.4 Å². The molecule has 0 unspecified atom stereocenters. The highest BCUT2D eigenvalue weighted by molar-refractivity contribution is 5.55. The van der Waals surface area contributed by atoms with Crippen molar-refractivity contribution >= 4 is 11.4 Å². The van der Waals surface area contributed by atoms with Crippen LogP contribution in [0.15, 0.2) is 24.3 Å². The molecule has 1 aliphatic carbocycles. The summed E-state index contributed by atoms with van der Waals surface area (Å²) in [5.74, 6) is 0. The molecule has 94 valence electrons. The molecule has 1 aromatic carbocycles. The van der Waals surface area contributed by atoms with Crippen molar-refractivity contribution in [2.75, 3.05) is 23.3 Å². The Kier molecular flexibility index (Phi) is 3.89. The SMILES string of the molecule is CCN(CC)c1ccc(NC2CC(N)C2)cc1. The normalized spacial score (nSPS) is 23.0. The molecule has 0 aromatic heterocycles. The molecule has 3 heteroatoms. The van der Waals surface area contributed by atoms with Crippen LogP contribution in [0.5, 0.6) is 0 Å². The van der Waals surface area contributed by atoms with Gasteiger partial charge in [0.25, 0.3) is 0 Å². The first-order valence-corrected chi connectivity index (χ1v) is 6.60. The molecule has 3 nitrogen and oxygen atoms in total.